The number of rotatable bonds is 5. The highest BCUT2D eigenvalue weighted by Gasteiger charge is 2.11. The number of hydrogen-bond donors (Lipinski definition) is 2. The SMILES string of the molecule is CCC(CC(=O)O)Nc1cnc(C#N)cn1. The van der Waals surface area contributed by atoms with Crippen LogP contribution >= 0.6 is 0 Å². The summed E-state index contributed by atoms with van der Waals surface area (Å²) in [7, 11) is 0. The topological polar surface area (TPSA) is 98.9 Å². The van der Waals surface area contributed by atoms with Gasteiger partial charge in [-0.1, -0.05) is 6.92 Å². The van der Waals surface area contributed by atoms with Gasteiger partial charge in [-0.05, 0) is 6.42 Å². The average molecular weight is 220 g/mol. The fourth-order valence-electron chi connectivity index (χ4n) is 1.18. The number of nitriles is 1. The molecule has 1 heterocycles. The summed E-state index contributed by atoms with van der Waals surface area (Å²) in [4.78, 5) is 18.3. The van der Waals surface area contributed by atoms with Gasteiger partial charge in [0.1, 0.15) is 11.9 Å². The predicted molar refractivity (Wildman–Crippen MR) is 56.7 cm³/mol. The normalized spacial score (nSPS) is 11.5. The van der Waals surface area contributed by atoms with Crippen molar-refractivity contribution in [2.45, 2.75) is 25.8 Å². The molecule has 1 rings (SSSR count). The number of nitrogens with zero attached hydrogens (tertiary/aromatic N) is 3. The number of hydrogen-bond acceptors (Lipinski definition) is 5. The van der Waals surface area contributed by atoms with E-state index < -0.39 is 5.97 Å². The minimum atomic E-state index is -0.860. The highest BCUT2D eigenvalue weighted by Crippen LogP contribution is 2.07. The number of aromatic nitrogens is 2. The van der Waals surface area contributed by atoms with E-state index in [1.54, 1.807) is 0 Å². The molecular formula is C10H12N4O2. The van der Waals surface area contributed by atoms with Crippen molar-refractivity contribution in [1.82, 2.24) is 9.97 Å². The zero-order valence-corrected chi connectivity index (χ0v) is 8.84. The van der Waals surface area contributed by atoms with Gasteiger partial charge in [0, 0.05) is 6.04 Å². The Bertz CT molecular complexity index is 396. The van der Waals surface area contributed by atoms with E-state index >= 15 is 0 Å². The van der Waals surface area contributed by atoms with Gasteiger partial charge in [-0.2, -0.15) is 5.26 Å². The summed E-state index contributed by atoms with van der Waals surface area (Å²) in [5, 5.41) is 20.1. The summed E-state index contributed by atoms with van der Waals surface area (Å²) in [6, 6.07) is 1.68. The maximum atomic E-state index is 10.5. The van der Waals surface area contributed by atoms with Crippen molar-refractivity contribution in [3.63, 3.8) is 0 Å². The zero-order chi connectivity index (χ0) is 12.0. The van der Waals surface area contributed by atoms with E-state index in [-0.39, 0.29) is 18.2 Å². The van der Waals surface area contributed by atoms with E-state index in [2.05, 4.69) is 15.3 Å². The minimum Gasteiger partial charge on any atom is -0.481 e. The van der Waals surface area contributed by atoms with Gasteiger partial charge in [0.25, 0.3) is 0 Å². The first kappa shape index (κ1) is 11.9. The number of nitrogens with one attached hydrogen (secondary N) is 1. The Morgan fingerprint density at radius 2 is 2.38 bits per heavy atom. The Balaban J connectivity index is 2.63. The molecule has 0 aliphatic heterocycles. The summed E-state index contributed by atoms with van der Waals surface area (Å²) in [5.74, 6) is -0.381. The van der Waals surface area contributed by atoms with Gasteiger partial charge < -0.3 is 10.4 Å². The van der Waals surface area contributed by atoms with Crippen LogP contribution in [-0.2, 0) is 4.79 Å². The molecule has 0 radical (unpaired) electrons. The Labute approximate surface area is 93.0 Å². The number of carbonyl (C=O) groups is 1. The second-order valence-electron chi connectivity index (χ2n) is 3.25. The first-order valence-corrected chi connectivity index (χ1v) is 4.86. The molecule has 0 amide bonds. The molecule has 0 fully saturated rings. The minimum absolute atomic E-state index is 0.0260. The molecule has 6 heteroatoms. The van der Waals surface area contributed by atoms with Gasteiger partial charge in [-0.3, -0.25) is 4.79 Å². The van der Waals surface area contributed by atoms with E-state index in [9.17, 15) is 4.79 Å². The van der Waals surface area contributed by atoms with Crippen LogP contribution in [0, 0.1) is 11.3 Å². The van der Waals surface area contributed by atoms with Crippen molar-refractivity contribution in [1.29, 1.82) is 5.26 Å². The number of aliphatic carboxylic acids is 1. The molecule has 0 saturated heterocycles. The predicted octanol–water partition coefficient (Wildman–Crippen LogP) is 1.01. The average Bonchev–Trinajstić information content (AvgIpc) is 2.28. The molecular weight excluding hydrogens is 208 g/mol. The smallest absolute Gasteiger partial charge is 0.305 e. The maximum absolute atomic E-state index is 10.5. The Kier molecular flexibility index (Phi) is 4.21. The lowest BCUT2D eigenvalue weighted by molar-refractivity contribution is -0.137. The summed E-state index contributed by atoms with van der Waals surface area (Å²) in [5.41, 5.74) is 0.233. The highest BCUT2D eigenvalue weighted by atomic mass is 16.4. The fourth-order valence-corrected chi connectivity index (χ4v) is 1.18. The van der Waals surface area contributed by atoms with Crippen LogP contribution in [0.25, 0.3) is 0 Å². The van der Waals surface area contributed by atoms with E-state index in [0.717, 1.165) is 0 Å². The number of carboxylic acid groups (broad SMARTS) is 1. The first-order chi connectivity index (χ1) is 7.65. The van der Waals surface area contributed by atoms with Crippen molar-refractivity contribution < 1.29 is 9.90 Å². The van der Waals surface area contributed by atoms with Crippen molar-refractivity contribution in [2.24, 2.45) is 0 Å². The third kappa shape index (κ3) is 3.53. The molecule has 0 saturated carbocycles. The number of carboxylic acids is 1. The lowest BCUT2D eigenvalue weighted by Crippen LogP contribution is -2.22. The summed E-state index contributed by atoms with van der Waals surface area (Å²) < 4.78 is 0. The molecule has 1 unspecified atom stereocenters. The summed E-state index contributed by atoms with van der Waals surface area (Å²) in [6.07, 6.45) is 3.46. The molecule has 0 aromatic carbocycles. The van der Waals surface area contributed by atoms with Crippen LogP contribution in [0.3, 0.4) is 0 Å². The van der Waals surface area contributed by atoms with Crippen LogP contribution in [-0.4, -0.2) is 27.1 Å². The molecule has 1 aromatic heterocycles. The van der Waals surface area contributed by atoms with Gasteiger partial charge in [0.05, 0.1) is 18.8 Å². The van der Waals surface area contributed by atoms with Crippen molar-refractivity contribution in [3.05, 3.63) is 18.1 Å². The maximum Gasteiger partial charge on any atom is 0.305 e. The molecule has 0 spiro atoms. The van der Waals surface area contributed by atoms with Gasteiger partial charge in [0.2, 0.25) is 0 Å². The fraction of sp³-hybridized carbons (Fsp3) is 0.400. The van der Waals surface area contributed by atoms with Crippen LogP contribution in [0.5, 0.6) is 0 Å². The summed E-state index contributed by atoms with van der Waals surface area (Å²) >= 11 is 0. The van der Waals surface area contributed by atoms with Crippen LogP contribution in [0.4, 0.5) is 5.82 Å². The van der Waals surface area contributed by atoms with Crippen LogP contribution in [0.2, 0.25) is 0 Å². The van der Waals surface area contributed by atoms with Gasteiger partial charge in [-0.15, -0.1) is 0 Å². The van der Waals surface area contributed by atoms with Crippen molar-refractivity contribution >= 4 is 11.8 Å². The van der Waals surface area contributed by atoms with Gasteiger partial charge >= 0.3 is 5.97 Å². The lowest BCUT2D eigenvalue weighted by Gasteiger charge is -2.14. The van der Waals surface area contributed by atoms with Crippen LogP contribution in [0.1, 0.15) is 25.5 Å². The van der Waals surface area contributed by atoms with Gasteiger partial charge in [0.15, 0.2) is 5.69 Å². The van der Waals surface area contributed by atoms with Crippen LogP contribution < -0.4 is 5.32 Å². The van der Waals surface area contributed by atoms with E-state index in [1.165, 1.54) is 12.4 Å². The highest BCUT2D eigenvalue weighted by molar-refractivity contribution is 5.68. The largest absolute Gasteiger partial charge is 0.481 e. The molecule has 0 bridgehead atoms. The molecule has 0 aliphatic rings. The van der Waals surface area contributed by atoms with Crippen LogP contribution in [0.15, 0.2) is 12.4 Å². The zero-order valence-electron chi connectivity index (χ0n) is 8.84. The Hall–Kier alpha value is -2.16. The third-order valence-electron chi connectivity index (χ3n) is 2.03. The van der Waals surface area contributed by atoms with E-state index in [0.29, 0.717) is 12.2 Å². The molecule has 16 heavy (non-hydrogen) atoms. The van der Waals surface area contributed by atoms with Crippen molar-refractivity contribution in [2.75, 3.05) is 5.32 Å². The number of anilines is 1. The monoisotopic (exact) mass is 220 g/mol. The third-order valence-corrected chi connectivity index (χ3v) is 2.03. The Morgan fingerprint density at radius 1 is 1.62 bits per heavy atom. The quantitative estimate of drug-likeness (QED) is 0.768. The summed E-state index contributed by atoms with van der Waals surface area (Å²) in [6.45, 7) is 1.89. The lowest BCUT2D eigenvalue weighted by atomic mass is 10.1. The van der Waals surface area contributed by atoms with Gasteiger partial charge in [-0.25, -0.2) is 9.97 Å². The first-order valence-electron chi connectivity index (χ1n) is 4.86. The second kappa shape index (κ2) is 5.66. The molecule has 84 valence electrons. The molecule has 6 nitrogen and oxygen atoms in total. The molecule has 0 aliphatic carbocycles. The molecule has 1 aromatic rings. The molecule has 2 N–H and O–H groups in total. The second-order valence-corrected chi connectivity index (χ2v) is 3.25. The Morgan fingerprint density at radius 3 is 2.81 bits per heavy atom. The van der Waals surface area contributed by atoms with E-state index in [4.69, 9.17) is 10.4 Å². The molecule has 1 atom stereocenters. The standard InChI is InChI=1S/C10H12N4O2/c1-2-7(3-10(15)16)14-9-6-12-8(4-11)5-13-9/h5-7H,2-3H2,1H3,(H,13,14)(H,15,16). The van der Waals surface area contributed by atoms with E-state index in [1.807, 2.05) is 13.0 Å². The van der Waals surface area contributed by atoms with Crippen molar-refractivity contribution in [3.8, 4) is 6.07 Å².